The van der Waals surface area contributed by atoms with Gasteiger partial charge in [0.1, 0.15) is 5.75 Å². The van der Waals surface area contributed by atoms with Gasteiger partial charge in [0.2, 0.25) is 11.0 Å². The van der Waals surface area contributed by atoms with E-state index in [0.717, 1.165) is 28.5 Å². The molecule has 0 spiro atoms. The summed E-state index contributed by atoms with van der Waals surface area (Å²) in [5.41, 5.74) is 3.31. The van der Waals surface area contributed by atoms with E-state index >= 15 is 0 Å². The molecule has 0 radical (unpaired) electrons. The fraction of sp³-hybridized carbons (Fsp3) is 0.368. The minimum atomic E-state index is -0.328. The number of carbonyl (C=O) groups excluding carboxylic acids is 1. The standard InChI is InChI=1S/C19H24N6O2S2/c1-6-27-15-10-8-7-9-14(15)20-18-22-23-19(29-18)28-13(4)17(26)21-16-11(2)24-25(5)12(16)3/h7-10,13H,6H2,1-5H3,(H,20,22)(H,21,26)/t13-/m0/s1. The number of amides is 1. The lowest BCUT2D eigenvalue weighted by Gasteiger charge is -2.10. The van der Waals surface area contributed by atoms with E-state index in [0.29, 0.717) is 16.1 Å². The van der Waals surface area contributed by atoms with E-state index in [2.05, 4.69) is 25.9 Å². The van der Waals surface area contributed by atoms with Gasteiger partial charge in [-0.1, -0.05) is 35.2 Å². The van der Waals surface area contributed by atoms with Gasteiger partial charge in [-0.2, -0.15) is 5.10 Å². The van der Waals surface area contributed by atoms with Crippen molar-refractivity contribution >= 4 is 45.5 Å². The second kappa shape index (κ2) is 9.27. The molecule has 0 bridgehead atoms. The third-order valence-corrected chi connectivity index (χ3v) is 6.26. The third kappa shape index (κ3) is 5.07. The van der Waals surface area contributed by atoms with Gasteiger partial charge in [-0.15, -0.1) is 10.2 Å². The second-order valence-corrected chi connectivity index (χ2v) is 8.91. The lowest BCUT2D eigenvalue weighted by molar-refractivity contribution is -0.115. The molecular weight excluding hydrogens is 408 g/mol. The molecule has 29 heavy (non-hydrogen) atoms. The van der Waals surface area contributed by atoms with Crippen molar-refractivity contribution in [3.05, 3.63) is 35.7 Å². The summed E-state index contributed by atoms with van der Waals surface area (Å²) in [7, 11) is 1.86. The summed E-state index contributed by atoms with van der Waals surface area (Å²) in [6, 6.07) is 7.67. The number of nitrogens with zero attached hydrogens (tertiary/aromatic N) is 4. The van der Waals surface area contributed by atoms with Crippen molar-refractivity contribution in [3.8, 4) is 5.75 Å². The average Bonchev–Trinajstić information content (AvgIpc) is 3.22. The summed E-state index contributed by atoms with van der Waals surface area (Å²) in [6.07, 6.45) is 0. The zero-order chi connectivity index (χ0) is 21.0. The van der Waals surface area contributed by atoms with Gasteiger partial charge in [0, 0.05) is 7.05 Å². The number of hydrogen-bond donors (Lipinski definition) is 2. The number of anilines is 3. The highest BCUT2D eigenvalue weighted by molar-refractivity contribution is 8.02. The summed E-state index contributed by atoms with van der Waals surface area (Å²) in [4.78, 5) is 12.6. The van der Waals surface area contributed by atoms with E-state index in [1.165, 1.54) is 23.1 Å². The molecule has 154 valence electrons. The summed E-state index contributed by atoms with van der Waals surface area (Å²) < 4.78 is 8.09. The normalized spacial score (nSPS) is 11.9. The number of benzene rings is 1. The summed E-state index contributed by atoms with van der Waals surface area (Å²) >= 11 is 2.76. The first kappa shape index (κ1) is 21.1. The topological polar surface area (TPSA) is 94.0 Å². The maximum atomic E-state index is 12.6. The van der Waals surface area contributed by atoms with Gasteiger partial charge in [-0.25, -0.2) is 0 Å². The third-order valence-electron chi connectivity index (χ3n) is 4.24. The van der Waals surface area contributed by atoms with Crippen LogP contribution in [0, 0.1) is 13.8 Å². The molecular formula is C19H24N6O2S2. The number of carbonyl (C=O) groups is 1. The first-order valence-electron chi connectivity index (χ1n) is 9.19. The van der Waals surface area contributed by atoms with Gasteiger partial charge in [0.25, 0.3) is 0 Å². The quantitative estimate of drug-likeness (QED) is 0.516. The Morgan fingerprint density at radius 1 is 1.31 bits per heavy atom. The highest BCUT2D eigenvalue weighted by Crippen LogP contribution is 2.33. The Kier molecular flexibility index (Phi) is 6.75. The number of ether oxygens (including phenoxy) is 1. The van der Waals surface area contributed by atoms with Crippen LogP contribution < -0.4 is 15.4 Å². The van der Waals surface area contributed by atoms with Crippen LogP contribution in [0.5, 0.6) is 5.75 Å². The maximum absolute atomic E-state index is 12.6. The minimum Gasteiger partial charge on any atom is -0.492 e. The van der Waals surface area contributed by atoms with Gasteiger partial charge in [-0.3, -0.25) is 9.48 Å². The molecule has 10 heteroatoms. The highest BCUT2D eigenvalue weighted by Gasteiger charge is 2.20. The zero-order valence-corrected chi connectivity index (χ0v) is 18.6. The van der Waals surface area contributed by atoms with E-state index in [9.17, 15) is 4.79 Å². The molecule has 0 aliphatic heterocycles. The Hall–Kier alpha value is -2.59. The van der Waals surface area contributed by atoms with Crippen LogP contribution in [0.4, 0.5) is 16.5 Å². The first-order chi connectivity index (χ1) is 13.9. The molecule has 8 nitrogen and oxygen atoms in total. The Balaban J connectivity index is 1.63. The van der Waals surface area contributed by atoms with Gasteiger partial charge in [-0.05, 0) is 39.8 Å². The van der Waals surface area contributed by atoms with E-state index in [-0.39, 0.29) is 11.2 Å². The summed E-state index contributed by atoms with van der Waals surface area (Å²) in [5, 5.41) is 19.2. The van der Waals surface area contributed by atoms with Crippen LogP contribution in [0.1, 0.15) is 25.2 Å². The molecule has 2 heterocycles. The Bertz CT molecular complexity index is 1000. The van der Waals surface area contributed by atoms with Gasteiger partial charge < -0.3 is 15.4 Å². The van der Waals surface area contributed by atoms with Gasteiger partial charge in [0.15, 0.2) is 4.34 Å². The van der Waals surface area contributed by atoms with Crippen molar-refractivity contribution in [2.24, 2.45) is 7.05 Å². The van der Waals surface area contributed by atoms with Crippen LogP contribution in [-0.4, -0.2) is 37.7 Å². The lowest BCUT2D eigenvalue weighted by atomic mass is 10.3. The number of aryl methyl sites for hydroxylation is 2. The predicted octanol–water partition coefficient (Wildman–Crippen LogP) is 4.15. The lowest BCUT2D eigenvalue weighted by Crippen LogP contribution is -2.23. The second-order valence-electron chi connectivity index (χ2n) is 6.35. The first-order valence-corrected chi connectivity index (χ1v) is 10.9. The SMILES string of the molecule is CCOc1ccccc1Nc1nnc(S[C@@H](C)C(=O)Nc2c(C)nn(C)c2C)s1. The largest absolute Gasteiger partial charge is 0.492 e. The fourth-order valence-electron chi connectivity index (χ4n) is 2.66. The predicted molar refractivity (Wildman–Crippen MR) is 117 cm³/mol. The van der Waals surface area contributed by atoms with Crippen molar-refractivity contribution in [3.63, 3.8) is 0 Å². The highest BCUT2D eigenvalue weighted by atomic mass is 32.2. The average molecular weight is 433 g/mol. The molecule has 2 aromatic heterocycles. The van der Waals surface area contributed by atoms with Crippen LogP contribution in [-0.2, 0) is 11.8 Å². The van der Waals surface area contributed by atoms with E-state index in [1.807, 2.05) is 59.0 Å². The molecule has 3 rings (SSSR count). The van der Waals surface area contributed by atoms with Crippen molar-refractivity contribution in [1.82, 2.24) is 20.0 Å². The maximum Gasteiger partial charge on any atom is 0.237 e. The molecule has 0 saturated heterocycles. The van der Waals surface area contributed by atoms with Crippen molar-refractivity contribution in [1.29, 1.82) is 0 Å². The van der Waals surface area contributed by atoms with Crippen LogP contribution in [0.15, 0.2) is 28.6 Å². The number of aromatic nitrogens is 4. The Labute approximate surface area is 178 Å². The molecule has 0 saturated carbocycles. The monoisotopic (exact) mass is 432 g/mol. The number of thioether (sulfide) groups is 1. The van der Waals surface area contributed by atoms with Crippen molar-refractivity contribution in [2.45, 2.75) is 37.3 Å². The summed E-state index contributed by atoms with van der Waals surface area (Å²) in [5.74, 6) is 0.662. The fourth-order valence-corrected chi connectivity index (χ4v) is 4.57. The van der Waals surface area contributed by atoms with Gasteiger partial charge in [0.05, 0.1) is 34.6 Å². The van der Waals surface area contributed by atoms with Crippen LogP contribution in [0.2, 0.25) is 0 Å². The number of para-hydroxylation sites is 2. The molecule has 0 aliphatic rings. The molecule has 0 fully saturated rings. The van der Waals surface area contributed by atoms with Crippen molar-refractivity contribution < 1.29 is 9.53 Å². The van der Waals surface area contributed by atoms with Crippen LogP contribution in [0.3, 0.4) is 0 Å². The molecule has 1 atom stereocenters. The van der Waals surface area contributed by atoms with Crippen LogP contribution in [0.25, 0.3) is 0 Å². The Morgan fingerprint density at radius 2 is 2.07 bits per heavy atom. The molecule has 0 aliphatic carbocycles. The van der Waals surface area contributed by atoms with E-state index in [1.54, 1.807) is 4.68 Å². The number of rotatable bonds is 8. The smallest absolute Gasteiger partial charge is 0.237 e. The molecule has 0 unspecified atom stereocenters. The van der Waals surface area contributed by atoms with Crippen molar-refractivity contribution in [2.75, 3.05) is 17.2 Å². The zero-order valence-electron chi connectivity index (χ0n) is 17.0. The molecule has 1 amide bonds. The molecule has 3 aromatic rings. The number of nitrogens with one attached hydrogen (secondary N) is 2. The van der Waals surface area contributed by atoms with E-state index < -0.39 is 0 Å². The molecule has 1 aromatic carbocycles. The minimum absolute atomic E-state index is 0.0967. The Morgan fingerprint density at radius 3 is 2.76 bits per heavy atom. The summed E-state index contributed by atoms with van der Waals surface area (Å²) in [6.45, 7) is 8.18. The van der Waals surface area contributed by atoms with E-state index in [4.69, 9.17) is 4.74 Å². The number of hydrogen-bond acceptors (Lipinski definition) is 8. The van der Waals surface area contributed by atoms with Crippen LogP contribution >= 0.6 is 23.1 Å². The van der Waals surface area contributed by atoms with Gasteiger partial charge >= 0.3 is 0 Å². The molecule has 2 N–H and O–H groups in total.